The third-order valence-corrected chi connectivity index (χ3v) is 5.29. The van der Waals surface area contributed by atoms with Gasteiger partial charge in [0.25, 0.3) is 0 Å². The zero-order chi connectivity index (χ0) is 20.6. The van der Waals surface area contributed by atoms with Crippen LogP contribution in [-0.4, -0.2) is 58.6 Å². The van der Waals surface area contributed by atoms with E-state index >= 15 is 0 Å². The van der Waals surface area contributed by atoms with E-state index < -0.39 is 12.5 Å². The van der Waals surface area contributed by atoms with Gasteiger partial charge in [0.05, 0.1) is 5.02 Å². The molecule has 0 spiro atoms. The van der Waals surface area contributed by atoms with Gasteiger partial charge in [-0.15, -0.1) is 0 Å². The molecule has 1 aromatic carbocycles. The minimum Gasteiger partial charge on any atom is -0.374 e. The van der Waals surface area contributed by atoms with E-state index in [1.165, 1.54) is 37.5 Å². The molecule has 3 N–H and O–H groups in total. The molecule has 2 aromatic rings. The smallest absolute Gasteiger partial charge is 0.174 e. The topological polar surface area (TPSA) is 98.8 Å². The molecule has 1 aromatic heterocycles. The first-order valence-electron chi connectivity index (χ1n) is 9.72. The Morgan fingerprint density at radius 1 is 1.41 bits per heavy atom. The van der Waals surface area contributed by atoms with Crippen LogP contribution in [0.4, 0.5) is 10.1 Å². The number of piperidine rings is 1. The third-order valence-electron chi connectivity index (χ3n) is 5.00. The summed E-state index contributed by atoms with van der Waals surface area (Å²) in [4.78, 5) is 6.50. The van der Waals surface area contributed by atoms with Crippen molar-refractivity contribution in [3.05, 3.63) is 40.4 Å². The van der Waals surface area contributed by atoms with Crippen molar-refractivity contribution in [2.75, 3.05) is 31.7 Å². The number of hydrogen-bond acceptors (Lipinski definition) is 7. The number of aliphatic hydroxyl groups is 1. The van der Waals surface area contributed by atoms with Gasteiger partial charge in [-0.2, -0.15) is 0 Å². The lowest BCUT2D eigenvalue weighted by atomic mass is 10.0. The predicted molar refractivity (Wildman–Crippen MR) is 110 cm³/mol. The quantitative estimate of drug-likeness (QED) is 0.340. The molecule has 1 aliphatic heterocycles. The van der Waals surface area contributed by atoms with E-state index in [4.69, 9.17) is 16.2 Å². The molecule has 0 saturated carbocycles. The second-order valence-electron chi connectivity index (χ2n) is 7.02. The summed E-state index contributed by atoms with van der Waals surface area (Å²) in [5.74, 6) is -0.258. The van der Waals surface area contributed by atoms with Crippen molar-refractivity contribution in [2.24, 2.45) is 4.99 Å². The number of hydrogen-bond donors (Lipinski definition) is 3. The van der Waals surface area contributed by atoms with Crippen LogP contribution >= 0.6 is 11.6 Å². The van der Waals surface area contributed by atoms with Crippen LogP contribution in [-0.2, 0) is 6.54 Å². The molecule has 2 heterocycles. The van der Waals surface area contributed by atoms with Gasteiger partial charge in [0.2, 0.25) is 0 Å². The highest BCUT2D eigenvalue weighted by Crippen LogP contribution is 2.20. The van der Waals surface area contributed by atoms with Crippen molar-refractivity contribution >= 4 is 23.1 Å². The second kappa shape index (κ2) is 10.6. The van der Waals surface area contributed by atoms with E-state index in [0.29, 0.717) is 29.7 Å². The number of amidine groups is 1. The number of aromatic nitrogens is 2. The summed E-state index contributed by atoms with van der Waals surface area (Å²) in [7, 11) is 0. The Morgan fingerprint density at radius 2 is 2.28 bits per heavy atom. The average Bonchev–Trinajstić information content (AvgIpc) is 3.17. The molecule has 0 aliphatic carbocycles. The van der Waals surface area contributed by atoms with E-state index in [1.807, 2.05) is 0 Å². The summed E-state index contributed by atoms with van der Waals surface area (Å²) in [5.41, 5.74) is 1.44. The van der Waals surface area contributed by atoms with Crippen LogP contribution in [0.25, 0.3) is 0 Å². The Bertz CT molecular complexity index is 831. The van der Waals surface area contributed by atoms with Gasteiger partial charge in [0, 0.05) is 31.4 Å². The molecule has 3 rings (SSSR count). The number of nitrogens with zero attached hydrogens (tertiary/aromatic N) is 4. The van der Waals surface area contributed by atoms with Gasteiger partial charge in [0.15, 0.2) is 11.5 Å². The van der Waals surface area contributed by atoms with Crippen molar-refractivity contribution in [3.63, 3.8) is 0 Å². The van der Waals surface area contributed by atoms with Crippen LogP contribution in [0.5, 0.6) is 0 Å². The lowest BCUT2D eigenvalue weighted by molar-refractivity contribution is 0.161. The minimum absolute atomic E-state index is 0.0227. The molecule has 158 valence electrons. The van der Waals surface area contributed by atoms with Crippen LogP contribution in [0.15, 0.2) is 27.8 Å². The monoisotopic (exact) mass is 424 g/mol. The summed E-state index contributed by atoms with van der Waals surface area (Å²) in [5, 5.41) is 23.4. The normalized spacial score (nSPS) is 18.2. The Balaban J connectivity index is 1.60. The molecular weight excluding hydrogens is 399 g/mol. The fourth-order valence-electron chi connectivity index (χ4n) is 3.38. The SMILES string of the molecule is CC1CCCCN1CCNCc1nonc1/C(=N/CO)Nc1ccc(F)c(Cl)c1. The molecule has 1 aliphatic rings. The first kappa shape index (κ1) is 21.6. The molecule has 8 nitrogen and oxygen atoms in total. The number of likely N-dealkylation sites (tertiary alicyclic amines) is 1. The van der Waals surface area contributed by atoms with Crippen molar-refractivity contribution in [1.82, 2.24) is 20.5 Å². The van der Waals surface area contributed by atoms with E-state index in [-0.39, 0.29) is 10.9 Å². The first-order chi connectivity index (χ1) is 14.1. The van der Waals surface area contributed by atoms with Crippen molar-refractivity contribution in [3.8, 4) is 0 Å². The molecule has 1 fully saturated rings. The zero-order valence-electron chi connectivity index (χ0n) is 16.4. The van der Waals surface area contributed by atoms with Gasteiger partial charge in [-0.25, -0.2) is 14.0 Å². The van der Waals surface area contributed by atoms with Gasteiger partial charge in [0.1, 0.15) is 18.2 Å². The minimum atomic E-state index is -0.520. The highest BCUT2D eigenvalue weighted by molar-refractivity contribution is 6.31. The van der Waals surface area contributed by atoms with Crippen LogP contribution < -0.4 is 10.6 Å². The molecule has 29 heavy (non-hydrogen) atoms. The average molecular weight is 425 g/mol. The summed E-state index contributed by atoms with van der Waals surface area (Å²) < 4.78 is 18.3. The predicted octanol–water partition coefficient (Wildman–Crippen LogP) is 2.63. The third kappa shape index (κ3) is 5.96. The molecule has 1 atom stereocenters. The molecule has 1 saturated heterocycles. The Morgan fingerprint density at radius 3 is 3.03 bits per heavy atom. The van der Waals surface area contributed by atoms with E-state index in [1.54, 1.807) is 0 Å². The van der Waals surface area contributed by atoms with Crippen molar-refractivity contribution in [2.45, 2.75) is 38.8 Å². The van der Waals surface area contributed by atoms with Gasteiger partial charge >= 0.3 is 0 Å². The Kier molecular flexibility index (Phi) is 7.93. The lowest BCUT2D eigenvalue weighted by Gasteiger charge is -2.33. The molecule has 0 radical (unpaired) electrons. The fraction of sp³-hybridized carbons (Fsp3) is 0.526. The number of aliphatic hydroxyl groups excluding tert-OH is 1. The fourth-order valence-corrected chi connectivity index (χ4v) is 3.56. The van der Waals surface area contributed by atoms with Gasteiger partial charge in [-0.05, 0) is 49.7 Å². The molecule has 0 bridgehead atoms. The van der Waals surface area contributed by atoms with Crippen LogP contribution in [0.3, 0.4) is 0 Å². The van der Waals surface area contributed by atoms with E-state index in [0.717, 1.165) is 19.6 Å². The van der Waals surface area contributed by atoms with E-state index in [2.05, 4.69) is 37.8 Å². The molecule has 10 heteroatoms. The maximum atomic E-state index is 13.4. The van der Waals surface area contributed by atoms with Crippen LogP contribution in [0.2, 0.25) is 5.02 Å². The number of benzene rings is 1. The van der Waals surface area contributed by atoms with Crippen LogP contribution in [0, 0.1) is 5.82 Å². The highest BCUT2D eigenvalue weighted by Gasteiger charge is 2.19. The molecule has 1 unspecified atom stereocenters. The second-order valence-corrected chi connectivity index (χ2v) is 7.43. The first-order valence-corrected chi connectivity index (χ1v) is 10.1. The number of rotatable bonds is 8. The lowest BCUT2D eigenvalue weighted by Crippen LogP contribution is -2.41. The molecular formula is C19H26ClFN6O2. The van der Waals surface area contributed by atoms with Crippen molar-refractivity contribution in [1.29, 1.82) is 0 Å². The van der Waals surface area contributed by atoms with Gasteiger partial charge in [-0.3, -0.25) is 4.90 Å². The highest BCUT2D eigenvalue weighted by atomic mass is 35.5. The largest absolute Gasteiger partial charge is 0.374 e. The van der Waals surface area contributed by atoms with Gasteiger partial charge < -0.3 is 15.7 Å². The molecule has 0 amide bonds. The maximum Gasteiger partial charge on any atom is 0.174 e. The zero-order valence-corrected chi connectivity index (χ0v) is 17.1. The van der Waals surface area contributed by atoms with Crippen LogP contribution in [0.1, 0.15) is 37.6 Å². The Labute approximate surface area is 174 Å². The van der Waals surface area contributed by atoms with Gasteiger partial charge in [-0.1, -0.05) is 23.2 Å². The summed E-state index contributed by atoms with van der Waals surface area (Å²) >= 11 is 5.82. The van der Waals surface area contributed by atoms with E-state index in [9.17, 15) is 9.50 Å². The Hall–Kier alpha value is -2.07. The number of nitrogens with one attached hydrogen (secondary N) is 2. The summed E-state index contributed by atoms with van der Waals surface area (Å²) in [6.07, 6.45) is 3.80. The summed E-state index contributed by atoms with van der Waals surface area (Å²) in [6, 6.07) is 4.80. The number of anilines is 1. The standard InChI is InChI=1S/C19H26ClFN6O2/c1-13-4-2-3-8-27(13)9-7-22-11-17-18(26-29-25-17)19(23-12-28)24-14-5-6-16(21)15(20)10-14/h5-6,10,13,22,28H,2-4,7-9,11-12H2,1H3,(H,23,24). The van der Waals surface area contributed by atoms with Crippen molar-refractivity contribution < 1.29 is 14.1 Å². The number of halogens is 2. The summed E-state index contributed by atoms with van der Waals surface area (Å²) in [6.45, 7) is 5.16. The number of aliphatic imine (C=N–C) groups is 1. The maximum absolute atomic E-state index is 13.4.